The van der Waals surface area contributed by atoms with Gasteiger partial charge in [-0.05, 0) is 31.9 Å². The molecule has 4 heteroatoms. The minimum absolute atomic E-state index is 0.466. The summed E-state index contributed by atoms with van der Waals surface area (Å²) in [5.41, 5.74) is 2.31. The van der Waals surface area contributed by atoms with Gasteiger partial charge in [-0.2, -0.15) is 0 Å². The van der Waals surface area contributed by atoms with E-state index in [2.05, 4.69) is 40.0 Å². The fourth-order valence-electron chi connectivity index (χ4n) is 2.78. The number of para-hydroxylation sites is 2. The number of imidazole rings is 1. The van der Waals surface area contributed by atoms with E-state index in [0.29, 0.717) is 12.1 Å². The second kappa shape index (κ2) is 5.31. The first kappa shape index (κ1) is 12.6. The lowest BCUT2D eigenvalue weighted by atomic mass is 9.89. The SMILES string of the molecule is COC1CC(NCCn2c(C)nc3ccccc32)C1. The van der Waals surface area contributed by atoms with E-state index in [9.17, 15) is 0 Å². The van der Waals surface area contributed by atoms with E-state index in [-0.39, 0.29) is 0 Å². The van der Waals surface area contributed by atoms with Gasteiger partial charge in [-0.15, -0.1) is 0 Å². The van der Waals surface area contributed by atoms with Crippen molar-refractivity contribution in [1.82, 2.24) is 14.9 Å². The van der Waals surface area contributed by atoms with Crippen LogP contribution >= 0.6 is 0 Å². The summed E-state index contributed by atoms with van der Waals surface area (Å²) in [6.45, 7) is 4.03. The molecule has 1 fully saturated rings. The molecule has 1 aromatic carbocycles. The molecule has 2 aromatic rings. The third kappa shape index (κ3) is 2.51. The Bertz CT molecular complexity index is 558. The highest BCUT2D eigenvalue weighted by atomic mass is 16.5. The van der Waals surface area contributed by atoms with Crippen molar-refractivity contribution in [2.45, 2.75) is 38.5 Å². The third-order valence-electron chi connectivity index (χ3n) is 4.04. The van der Waals surface area contributed by atoms with Gasteiger partial charge in [-0.3, -0.25) is 0 Å². The first-order valence-electron chi connectivity index (χ1n) is 6.96. The maximum atomic E-state index is 5.29. The number of fused-ring (bicyclic) bond motifs is 1. The molecule has 0 atom stereocenters. The lowest BCUT2D eigenvalue weighted by molar-refractivity contribution is 0.0174. The molecule has 0 bridgehead atoms. The third-order valence-corrected chi connectivity index (χ3v) is 4.04. The normalized spacial score (nSPS) is 22.6. The molecule has 19 heavy (non-hydrogen) atoms. The molecule has 0 amide bonds. The molecule has 1 heterocycles. The van der Waals surface area contributed by atoms with Gasteiger partial charge in [-0.1, -0.05) is 12.1 Å². The largest absolute Gasteiger partial charge is 0.381 e. The summed E-state index contributed by atoms with van der Waals surface area (Å²) in [4.78, 5) is 4.59. The first-order chi connectivity index (χ1) is 9.28. The van der Waals surface area contributed by atoms with E-state index >= 15 is 0 Å². The van der Waals surface area contributed by atoms with Gasteiger partial charge in [0.25, 0.3) is 0 Å². The minimum Gasteiger partial charge on any atom is -0.381 e. The number of nitrogens with one attached hydrogen (secondary N) is 1. The number of hydrogen-bond acceptors (Lipinski definition) is 3. The van der Waals surface area contributed by atoms with Gasteiger partial charge in [0.15, 0.2) is 0 Å². The van der Waals surface area contributed by atoms with Gasteiger partial charge in [0.1, 0.15) is 5.82 Å². The second-order valence-electron chi connectivity index (χ2n) is 5.28. The fourth-order valence-corrected chi connectivity index (χ4v) is 2.78. The van der Waals surface area contributed by atoms with Crippen LogP contribution in [0.1, 0.15) is 18.7 Å². The van der Waals surface area contributed by atoms with Crippen LogP contribution < -0.4 is 5.32 Å². The van der Waals surface area contributed by atoms with Crippen molar-refractivity contribution >= 4 is 11.0 Å². The molecule has 102 valence electrons. The lowest BCUT2D eigenvalue weighted by Crippen LogP contribution is -2.45. The number of hydrogen-bond donors (Lipinski definition) is 1. The quantitative estimate of drug-likeness (QED) is 0.894. The zero-order valence-corrected chi connectivity index (χ0v) is 11.6. The summed E-state index contributed by atoms with van der Waals surface area (Å²) in [5, 5.41) is 3.58. The standard InChI is InChI=1S/C15H21N3O/c1-11-17-14-5-3-4-6-15(14)18(11)8-7-16-12-9-13(10-12)19-2/h3-6,12-13,16H,7-10H2,1-2H3. The Labute approximate surface area is 113 Å². The molecule has 1 N–H and O–H groups in total. The van der Waals surface area contributed by atoms with Crippen molar-refractivity contribution in [2.24, 2.45) is 0 Å². The van der Waals surface area contributed by atoms with Crippen molar-refractivity contribution in [2.75, 3.05) is 13.7 Å². The molecular weight excluding hydrogens is 238 g/mol. The monoisotopic (exact) mass is 259 g/mol. The molecule has 0 saturated heterocycles. The summed E-state index contributed by atoms with van der Waals surface area (Å²) in [6.07, 6.45) is 2.74. The van der Waals surface area contributed by atoms with Crippen LogP contribution in [-0.4, -0.2) is 35.4 Å². The van der Waals surface area contributed by atoms with Crippen molar-refractivity contribution in [1.29, 1.82) is 0 Å². The summed E-state index contributed by atoms with van der Waals surface area (Å²) < 4.78 is 7.58. The van der Waals surface area contributed by atoms with Crippen LogP contribution in [0.3, 0.4) is 0 Å². The van der Waals surface area contributed by atoms with Crippen LogP contribution in [0.15, 0.2) is 24.3 Å². The Balaban J connectivity index is 1.58. The Morgan fingerprint density at radius 3 is 2.95 bits per heavy atom. The molecule has 1 saturated carbocycles. The lowest BCUT2D eigenvalue weighted by Gasteiger charge is -2.34. The fraction of sp³-hybridized carbons (Fsp3) is 0.533. The number of aryl methyl sites for hydroxylation is 1. The van der Waals surface area contributed by atoms with Crippen LogP contribution in [0.25, 0.3) is 11.0 Å². The highest BCUT2D eigenvalue weighted by molar-refractivity contribution is 5.75. The van der Waals surface area contributed by atoms with E-state index in [0.717, 1.165) is 37.3 Å². The molecule has 0 unspecified atom stereocenters. The Morgan fingerprint density at radius 2 is 2.16 bits per heavy atom. The molecule has 0 spiro atoms. The van der Waals surface area contributed by atoms with E-state index in [1.807, 2.05) is 6.07 Å². The molecular formula is C15H21N3O. The summed E-state index contributed by atoms with van der Waals surface area (Å²) in [6, 6.07) is 8.94. The number of rotatable bonds is 5. The molecule has 1 aliphatic rings. The number of aromatic nitrogens is 2. The molecule has 1 aromatic heterocycles. The Kier molecular flexibility index (Phi) is 3.53. The van der Waals surface area contributed by atoms with Gasteiger partial charge >= 0.3 is 0 Å². The average Bonchev–Trinajstić information content (AvgIpc) is 2.68. The van der Waals surface area contributed by atoms with Crippen molar-refractivity contribution in [3.05, 3.63) is 30.1 Å². The number of nitrogens with zero attached hydrogens (tertiary/aromatic N) is 2. The molecule has 4 nitrogen and oxygen atoms in total. The van der Waals surface area contributed by atoms with Crippen molar-refractivity contribution < 1.29 is 4.74 Å². The predicted molar refractivity (Wildman–Crippen MR) is 76.3 cm³/mol. The van der Waals surface area contributed by atoms with Crippen LogP contribution in [0, 0.1) is 6.92 Å². The first-order valence-corrected chi connectivity index (χ1v) is 6.96. The predicted octanol–water partition coefficient (Wildman–Crippen LogP) is 2.11. The molecule has 0 aliphatic heterocycles. The highest BCUT2D eigenvalue weighted by Crippen LogP contribution is 2.22. The van der Waals surface area contributed by atoms with Gasteiger partial charge < -0.3 is 14.6 Å². The number of benzene rings is 1. The van der Waals surface area contributed by atoms with Gasteiger partial charge in [0, 0.05) is 26.2 Å². The topological polar surface area (TPSA) is 39.1 Å². The van der Waals surface area contributed by atoms with Crippen LogP contribution in [0.5, 0.6) is 0 Å². The smallest absolute Gasteiger partial charge is 0.106 e. The minimum atomic E-state index is 0.466. The van der Waals surface area contributed by atoms with E-state index < -0.39 is 0 Å². The van der Waals surface area contributed by atoms with Gasteiger partial charge in [-0.25, -0.2) is 4.98 Å². The van der Waals surface area contributed by atoms with E-state index in [1.165, 1.54) is 5.52 Å². The molecule has 0 radical (unpaired) electrons. The Morgan fingerprint density at radius 1 is 1.37 bits per heavy atom. The number of methoxy groups -OCH3 is 1. The average molecular weight is 259 g/mol. The molecule has 1 aliphatic carbocycles. The van der Waals surface area contributed by atoms with Crippen molar-refractivity contribution in [3.63, 3.8) is 0 Å². The Hall–Kier alpha value is -1.39. The maximum Gasteiger partial charge on any atom is 0.106 e. The zero-order valence-electron chi connectivity index (χ0n) is 11.6. The van der Waals surface area contributed by atoms with E-state index in [4.69, 9.17) is 4.74 Å². The van der Waals surface area contributed by atoms with Crippen LogP contribution in [0.2, 0.25) is 0 Å². The van der Waals surface area contributed by atoms with Crippen LogP contribution in [-0.2, 0) is 11.3 Å². The summed E-state index contributed by atoms with van der Waals surface area (Å²) >= 11 is 0. The zero-order chi connectivity index (χ0) is 13.2. The highest BCUT2D eigenvalue weighted by Gasteiger charge is 2.28. The summed E-state index contributed by atoms with van der Waals surface area (Å²) in [7, 11) is 1.79. The summed E-state index contributed by atoms with van der Waals surface area (Å²) in [5.74, 6) is 1.09. The van der Waals surface area contributed by atoms with E-state index in [1.54, 1.807) is 7.11 Å². The van der Waals surface area contributed by atoms with Crippen molar-refractivity contribution in [3.8, 4) is 0 Å². The maximum absolute atomic E-state index is 5.29. The van der Waals surface area contributed by atoms with Crippen LogP contribution in [0.4, 0.5) is 0 Å². The molecule has 3 rings (SSSR count). The number of ether oxygens (including phenoxy) is 1. The van der Waals surface area contributed by atoms with Gasteiger partial charge in [0.2, 0.25) is 0 Å². The van der Waals surface area contributed by atoms with Gasteiger partial charge in [0.05, 0.1) is 17.1 Å². The second-order valence-corrected chi connectivity index (χ2v) is 5.28.